The summed E-state index contributed by atoms with van der Waals surface area (Å²) >= 11 is 0. The lowest BCUT2D eigenvalue weighted by Crippen LogP contribution is -2.34. The van der Waals surface area contributed by atoms with Crippen molar-refractivity contribution < 1.29 is 14.7 Å². The normalized spacial score (nSPS) is 26.8. The Bertz CT molecular complexity index is 555. The minimum absolute atomic E-state index is 0.191. The van der Waals surface area contributed by atoms with E-state index in [1.54, 1.807) is 18.2 Å². The highest BCUT2D eigenvalue weighted by Gasteiger charge is 2.42. The molecule has 0 spiro atoms. The summed E-state index contributed by atoms with van der Waals surface area (Å²) in [6.45, 7) is 0.579. The van der Waals surface area contributed by atoms with Crippen LogP contribution in [0.3, 0.4) is 0 Å². The highest BCUT2D eigenvalue weighted by Crippen LogP contribution is 2.48. The fraction of sp³-hybridized carbons (Fsp3) is 0.529. The van der Waals surface area contributed by atoms with E-state index in [9.17, 15) is 9.59 Å². The van der Waals surface area contributed by atoms with Crippen LogP contribution in [0.4, 0.5) is 0 Å². The number of aromatic carboxylic acids is 1. The van der Waals surface area contributed by atoms with Crippen molar-refractivity contribution in [3.63, 3.8) is 0 Å². The number of hydrogen-bond acceptors (Lipinski definition) is 2. The fourth-order valence-electron chi connectivity index (χ4n) is 3.89. The van der Waals surface area contributed by atoms with Crippen LogP contribution in [0.25, 0.3) is 0 Å². The first-order valence-corrected chi connectivity index (χ1v) is 7.73. The third kappa shape index (κ3) is 3.09. The number of carbonyl (C=O) groups is 2. The summed E-state index contributed by atoms with van der Waals surface area (Å²) in [5.41, 5.74) is 1.25. The molecule has 21 heavy (non-hydrogen) atoms. The zero-order chi connectivity index (χ0) is 14.8. The lowest BCUT2D eigenvalue weighted by atomic mass is 9.88. The van der Waals surface area contributed by atoms with Crippen molar-refractivity contribution in [2.24, 2.45) is 17.8 Å². The molecule has 2 saturated carbocycles. The molecule has 0 saturated heterocycles. The number of fused-ring (bicyclic) bond motifs is 2. The first-order valence-electron chi connectivity index (χ1n) is 7.73. The largest absolute Gasteiger partial charge is 0.478 e. The van der Waals surface area contributed by atoms with Crippen LogP contribution in [0.15, 0.2) is 24.3 Å². The van der Waals surface area contributed by atoms with Gasteiger partial charge in [0.25, 0.3) is 0 Å². The van der Waals surface area contributed by atoms with E-state index in [1.165, 1.54) is 19.3 Å². The molecular weight excluding hydrogens is 266 g/mol. The lowest BCUT2D eigenvalue weighted by Gasteiger charge is -2.20. The van der Waals surface area contributed by atoms with E-state index in [0.717, 1.165) is 17.9 Å². The van der Waals surface area contributed by atoms with E-state index >= 15 is 0 Å². The predicted molar refractivity (Wildman–Crippen MR) is 79.1 cm³/mol. The first kappa shape index (κ1) is 14.1. The third-order valence-electron chi connectivity index (χ3n) is 4.96. The van der Waals surface area contributed by atoms with Gasteiger partial charge in [0, 0.05) is 12.5 Å². The molecule has 0 aliphatic heterocycles. The molecule has 0 aromatic heterocycles. The number of hydrogen-bond donors (Lipinski definition) is 2. The Labute approximate surface area is 124 Å². The Morgan fingerprint density at radius 2 is 2.10 bits per heavy atom. The lowest BCUT2D eigenvalue weighted by molar-refractivity contribution is -0.126. The molecule has 2 aliphatic rings. The molecule has 4 nitrogen and oxygen atoms in total. The standard InChI is InChI=1S/C17H21NO3/c19-16(15-10-12-4-5-13(15)9-12)18-7-6-11-2-1-3-14(8-11)17(20)21/h1-3,8,12-13,15H,4-7,9-10H2,(H,18,19)(H,20,21). The predicted octanol–water partition coefficient (Wildman–Crippen LogP) is 2.48. The van der Waals surface area contributed by atoms with Crippen LogP contribution in [0.2, 0.25) is 0 Å². The zero-order valence-corrected chi connectivity index (χ0v) is 12.0. The average Bonchev–Trinajstić information content (AvgIpc) is 3.10. The number of nitrogens with one attached hydrogen (secondary N) is 1. The van der Waals surface area contributed by atoms with Crippen molar-refractivity contribution >= 4 is 11.9 Å². The third-order valence-corrected chi connectivity index (χ3v) is 4.96. The Morgan fingerprint density at radius 1 is 1.24 bits per heavy atom. The minimum atomic E-state index is -0.914. The van der Waals surface area contributed by atoms with Crippen LogP contribution in [0, 0.1) is 17.8 Å². The number of carboxylic acids is 1. The molecule has 3 unspecified atom stereocenters. The molecule has 0 radical (unpaired) electrons. The van der Waals surface area contributed by atoms with Gasteiger partial charge in [-0.15, -0.1) is 0 Å². The zero-order valence-electron chi connectivity index (χ0n) is 12.0. The quantitative estimate of drug-likeness (QED) is 0.874. The van der Waals surface area contributed by atoms with Gasteiger partial charge in [0.05, 0.1) is 5.56 Å². The molecule has 2 N–H and O–H groups in total. The molecule has 2 aliphatic carbocycles. The maximum absolute atomic E-state index is 12.2. The summed E-state index contributed by atoms with van der Waals surface area (Å²) in [4.78, 5) is 23.1. The van der Waals surface area contributed by atoms with Gasteiger partial charge in [-0.05, 0) is 55.2 Å². The summed E-state index contributed by atoms with van der Waals surface area (Å²) in [7, 11) is 0. The molecule has 112 valence electrons. The van der Waals surface area contributed by atoms with Crippen LogP contribution in [0.1, 0.15) is 41.6 Å². The van der Waals surface area contributed by atoms with Gasteiger partial charge in [0.15, 0.2) is 0 Å². The van der Waals surface area contributed by atoms with Crippen molar-refractivity contribution in [3.8, 4) is 0 Å². The molecule has 1 amide bonds. The van der Waals surface area contributed by atoms with Gasteiger partial charge < -0.3 is 10.4 Å². The second-order valence-electron chi connectivity index (χ2n) is 6.33. The van der Waals surface area contributed by atoms with Crippen LogP contribution in [-0.4, -0.2) is 23.5 Å². The van der Waals surface area contributed by atoms with Crippen molar-refractivity contribution in [2.45, 2.75) is 32.1 Å². The molecule has 1 aromatic rings. The molecule has 3 atom stereocenters. The fourth-order valence-corrected chi connectivity index (χ4v) is 3.89. The number of rotatable bonds is 5. The number of carbonyl (C=O) groups excluding carboxylic acids is 1. The Kier molecular flexibility index (Phi) is 3.95. The van der Waals surface area contributed by atoms with E-state index in [1.807, 2.05) is 6.07 Å². The van der Waals surface area contributed by atoms with Gasteiger partial charge in [0.2, 0.25) is 5.91 Å². The van der Waals surface area contributed by atoms with E-state index < -0.39 is 5.97 Å². The van der Waals surface area contributed by atoms with E-state index in [0.29, 0.717) is 24.4 Å². The van der Waals surface area contributed by atoms with Gasteiger partial charge in [-0.2, -0.15) is 0 Å². The molecule has 0 heterocycles. The highest BCUT2D eigenvalue weighted by atomic mass is 16.4. The SMILES string of the molecule is O=C(O)c1cccc(CCNC(=O)C2CC3CCC2C3)c1. The van der Waals surface area contributed by atoms with Crippen LogP contribution >= 0.6 is 0 Å². The summed E-state index contributed by atoms with van der Waals surface area (Å²) in [6.07, 6.45) is 5.48. The van der Waals surface area contributed by atoms with Gasteiger partial charge in [-0.3, -0.25) is 4.79 Å². The molecule has 2 fully saturated rings. The van der Waals surface area contributed by atoms with Gasteiger partial charge in [0.1, 0.15) is 0 Å². The molecule has 3 rings (SSSR count). The van der Waals surface area contributed by atoms with Crippen LogP contribution in [-0.2, 0) is 11.2 Å². The number of amides is 1. The molecule has 4 heteroatoms. The van der Waals surface area contributed by atoms with E-state index in [-0.39, 0.29) is 11.8 Å². The highest BCUT2D eigenvalue weighted by molar-refractivity contribution is 5.87. The maximum Gasteiger partial charge on any atom is 0.335 e. The average molecular weight is 287 g/mol. The Balaban J connectivity index is 1.49. The second-order valence-corrected chi connectivity index (χ2v) is 6.33. The van der Waals surface area contributed by atoms with Gasteiger partial charge in [-0.25, -0.2) is 4.79 Å². The first-order chi connectivity index (χ1) is 10.1. The number of carboxylic acid groups (broad SMARTS) is 1. The number of benzene rings is 1. The topological polar surface area (TPSA) is 66.4 Å². The Hall–Kier alpha value is -1.84. The van der Waals surface area contributed by atoms with Crippen LogP contribution in [0.5, 0.6) is 0 Å². The summed E-state index contributed by atoms with van der Waals surface area (Å²) in [5, 5.41) is 12.0. The maximum atomic E-state index is 12.2. The second kappa shape index (κ2) is 5.88. The smallest absolute Gasteiger partial charge is 0.335 e. The van der Waals surface area contributed by atoms with Gasteiger partial charge in [-0.1, -0.05) is 18.6 Å². The van der Waals surface area contributed by atoms with E-state index in [2.05, 4.69) is 5.32 Å². The summed E-state index contributed by atoms with van der Waals surface area (Å²) < 4.78 is 0. The molecule has 1 aromatic carbocycles. The van der Waals surface area contributed by atoms with Crippen molar-refractivity contribution in [1.29, 1.82) is 0 Å². The van der Waals surface area contributed by atoms with Crippen molar-refractivity contribution in [3.05, 3.63) is 35.4 Å². The monoisotopic (exact) mass is 287 g/mol. The summed E-state index contributed by atoms with van der Waals surface area (Å²) in [6, 6.07) is 6.90. The molecular formula is C17H21NO3. The van der Waals surface area contributed by atoms with Crippen LogP contribution < -0.4 is 5.32 Å². The molecule has 2 bridgehead atoms. The minimum Gasteiger partial charge on any atom is -0.478 e. The van der Waals surface area contributed by atoms with Crippen molar-refractivity contribution in [1.82, 2.24) is 5.32 Å². The van der Waals surface area contributed by atoms with Crippen molar-refractivity contribution in [2.75, 3.05) is 6.54 Å². The van der Waals surface area contributed by atoms with E-state index in [4.69, 9.17) is 5.11 Å². The summed E-state index contributed by atoms with van der Waals surface area (Å²) in [5.74, 6) is 0.872. The van der Waals surface area contributed by atoms with Gasteiger partial charge >= 0.3 is 5.97 Å². The Morgan fingerprint density at radius 3 is 2.76 bits per heavy atom.